The van der Waals surface area contributed by atoms with Crippen LogP contribution in [0.5, 0.6) is 0 Å². The van der Waals surface area contributed by atoms with E-state index in [0.717, 1.165) is 23.1 Å². The van der Waals surface area contributed by atoms with Crippen LogP contribution in [0.2, 0.25) is 0 Å². The molecule has 0 aliphatic heterocycles. The Bertz CT molecular complexity index is 1130. The monoisotopic (exact) mass is 465 g/mol. The Kier molecular flexibility index (Phi) is 7.77. The topological polar surface area (TPSA) is 126 Å². The molecule has 1 aromatic heterocycles. The van der Waals surface area contributed by atoms with Gasteiger partial charge in [0.15, 0.2) is 9.84 Å². The van der Waals surface area contributed by atoms with Crippen molar-refractivity contribution in [3.8, 4) is 6.07 Å². The van der Waals surface area contributed by atoms with Gasteiger partial charge in [0.1, 0.15) is 21.5 Å². The molecule has 30 heavy (non-hydrogen) atoms. The summed E-state index contributed by atoms with van der Waals surface area (Å²) in [4.78, 5) is 24.6. The number of rotatable bonds is 8. The van der Waals surface area contributed by atoms with E-state index in [1.165, 1.54) is 33.1 Å². The lowest BCUT2D eigenvalue weighted by atomic mass is 10.1. The molecule has 0 atom stereocenters. The number of ether oxygens (including phenoxy) is 1. The zero-order valence-corrected chi connectivity index (χ0v) is 19.1. The van der Waals surface area contributed by atoms with Crippen LogP contribution in [-0.2, 0) is 14.6 Å². The molecule has 0 aliphatic rings. The lowest BCUT2D eigenvalue weighted by Gasteiger charge is -2.11. The van der Waals surface area contributed by atoms with Gasteiger partial charge < -0.3 is 4.74 Å². The molecule has 0 aliphatic carbocycles. The fraction of sp³-hybridized carbons (Fsp3) is 0.263. The van der Waals surface area contributed by atoms with Crippen LogP contribution >= 0.6 is 23.1 Å². The van der Waals surface area contributed by atoms with Crippen LogP contribution in [-0.4, -0.2) is 44.5 Å². The molecule has 0 bridgehead atoms. The van der Waals surface area contributed by atoms with Gasteiger partial charge in [0, 0.05) is 5.56 Å². The molecule has 0 amide bonds. The summed E-state index contributed by atoms with van der Waals surface area (Å²) in [5.41, 5.74) is 2.13. The van der Waals surface area contributed by atoms with Crippen molar-refractivity contribution in [2.45, 2.75) is 28.2 Å². The second-order valence-electron chi connectivity index (χ2n) is 6.09. The van der Waals surface area contributed by atoms with Crippen molar-refractivity contribution < 1.29 is 22.7 Å². The van der Waals surface area contributed by atoms with E-state index < -0.39 is 32.6 Å². The second kappa shape index (κ2) is 9.88. The zero-order valence-electron chi connectivity index (χ0n) is 16.6. The molecule has 0 spiro atoms. The molecule has 1 heterocycles. The van der Waals surface area contributed by atoms with Crippen molar-refractivity contribution in [2.24, 2.45) is 5.10 Å². The summed E-state index contributed by atoms with van der Waals surface area (Å²) in [6.07, 6.45) is 1.68. The summed E-state index contributed by atoms with van der Waals surface area (Å²) < 4.78 is 31.0. The third kappa shape index (κ3) is 4.72. The van der Waals surface area contributed by atoms with Gasteiger partial charge in [0.25, 0.3) is 0 Å². The molecular formula is C19H19N3O5S3. The third-order valence-electron chi connectivity index (χ3n) is 3.93. The van der Waals surface area contributed by atoms with Gasteiger partial charge in [-0.25, -0.2) is 13.2 Å². The van der Waals surface area contributed by atoms with E-state index in [9.17, 15) is 23.3 Å². The van der Waals surface area contributed by atoms with Gasteiger partial charge in [0.05, 0.1) is 16.6 Å². The maximum absolute atomic E-state index is 12.9. The number of hydrazone groups is 1. The molecule has 8 nitrogen and oxygen atoms in total. The van der Waals surface area contributed by atoms with E-state index in [1.54, 1.807) is 30.5 Å². The molecule has 2 rings (SSSR count). The maximum atomic E-state index is 12.9. The zero-order chi connectivity index (χ0) is 22.5. The molecule has 158 valence electrons. The minimum Gasteiger partial charge on any atom is -0.465 e. The number of nitrogens with zero attached hydrogens (tertiary/aromatic N) is 2. The van der Waals surface area contributed by atoms with E-state index >= 15 is 0 Å². The lowest BCUT2D eigenvalue weighted by molar-refractivity contribution is 0.0607. The van der Waals surface area contributed by atoms with Crippen LogP contribution in [0.3, 0.4) is 0 Å². The Hall–Kier alpha value is -2.68. The second-order valence-corrected chi connectivity index (χ2v) is 10.6. The number of ketones is 1. The SMILES string of the molecule is COC(=O)c1sc(SC)c(S(=O)(=O)C(C)C)c1N/N=C(/C#N)C(=O)c1ccccc1. The minimum atomic E-state index is -3.82. The normalized spacial score (nSPS) is 11.8. The van der Waals surface area contributed by atoms with Crippen LogP contribution in [0.1, 0.15) is 33.9 Å². The molecule has 1 aromatic carbocycles. The van der Waals surface area contributed by atoms with Gasteiger partial charge in [-0.2, -0.15) is 10.4 Å². The fourth-order valence-electron chi connectivity index (χ4n) is 2.33. The minimum absolute atomic E-state index is 0.0192. The Morgan fingerprint density at radius 2 is 1.90 bits per heavy atom. The summed E-state index contributed by atoms with van der Waals surface area (Å²) in [7, 11) is -2.65. The first-order valence-electron chi connectivity index (χ1n) is 8.55. The average molecular weight is 466 g/mol. The number of hydrogen-bond donors (Lipinski definition) is 1. The predicted octanol–water partition coefficient (Wildman–Crippen LogP) is 3.61. The Morgan fingerprint density at radius 3 is 2.40 bits per heavy atom. The van der Waals surface area contributed by atoms with Gasteiger partial charge in [0.2, 0.25) is 11.5 Å². The number of hydrogen-bond acceptors (Lipinski definition) is 10. The van der Waals surface area contributed by atoms with E-state index in [2.05, 4.69) is 10.5 Å². The molecule has 0 fully saturated rings. The highest BCUT2D eigenvalue weighted by Crippen LogP contribution is 2.43. The van der Waals surface area contributed by atoms with Crippen molar-refractivity contribution in [2.75, 3.05) is 18.8 Å². The molecule has 1 N–H and O–H groups in total. The highest BCUT2D eigenvalue weighted by molar-refractivity contribution is 8.01. The number of nitriles is 1. The molecule has 0 radical (unpaired) electrons. The first-order valence-corrected chi connectivity index (χ1v) is 12.1. The number of esters is 1. The number of thioether (sulfide) groups is 1. The number of sulfone groups is 1. The number of anilines is 1. The largest absolute Gasteiger partial charge is 0.465 e. The van der Waals surface area contributed by atoms with Gasteiger partial charge in [-0.05, 0) is 20.1 Å². The van der Waals surface area contributed by atoms with Crippen molar-refractivity contribution in [1.82, 2.24) is 0 Å². The smallest absolute Gasteiger partial charge is 0.350 e. The van der Waals surface area contributed by atoms with E-state index in [0.29, 0.717) is 4.21 Å². The average Bonchev–Trinajstić information content (AvgIpc) is 3.13. The van der Waals surface area contributed by atoms with Crippen LogP contribution in [0.4, 0.5) is 5.69 Å². The molecular weight excluding hydrogens is 446 g/mol. The first-order chi connectivity index (χ1) is 14.2. The quantitative estimate of drug-likeness (QED) is 0.206. The fourth-order valence-corrected chi connectivity index (χ4v) is 6.27. The van der Waals surface area contributed by atoms with Crippen molar-refractivity contribution in [3.05, 3.63) is 40.8 Å². The van der Waals surface area contributed by atoms with Gasteiger partial charge in [-0.3, -0.25) is 10.2 Å². The number of carbonyl (C=O) groups is 2. The van der Waals surface area contributed by atoms with Crippen LogP contribution < -0.4 is 5.43 Å². The van der Waals surface area contributed by atoms with E-state index in [4.69, 9.17) is 4.74 Å². The standard InChI is InChI=1S/C19H19N3O5S3/c1-11(2)30(25,26)17-14(16(18(24)27-3)29-19(17)28-4)22-21-13(10-20)15(23)12-8-6-5-7-9-12/h5-9,11,22H,1-4H3/b21-13-. The van der Waals surface area contributed by atoms with Crippen LogP contribution in [0.25, 0.3) is 0 Å². The highest BCUT2D eigenvalue weighted by atomic mass is 32.2. The van der Waals surface area contributed by atoms with Gasteiger partial charge in [-0.1, -0.05) is 30.3 Å². The first kappa shape index (κ1) is 23.6. The van der Waals surface area contributed by atoms with Gasteiger partial charge in [-0.15, -0.1) is 23.1 Å². The summed E-state index contributed by atoms with van der Waals surface area (Å²) in [6, 6.07) is 9.76. The molecule has 0 unspecified atom stereocenters. The summed E-state index contributed by atoms with van der Waals surface area (Å²) in [5, 5.41) is 12.4. The summed E-state index contributed by atoms with van der Waals surface area (Å²) in [5.74, 6) is -1.40. The van der Waals surface area contributed by atoms with E-state index in [-0.39, 0.29) is 21.0 Å². The maximum Gasteiger partial charge on any atom is 0.350 e. The number of benzene rings is 1. The Balaban J connectivity index is 2.63. The van der Waals surface area contributed by atoms with Crippen molar-refractivity contribution >= 4 is 56.1 Å². The number of Topliss-reactive ketones (excluding diaryl/α,β-unsaturated/α-hetero) is 1. The number of nitrogens with one attached hydrogen (secondary N) is 1. The van der Waals surface area contributed by atoms with Crippen molar-refractivity contribution in [3.63, 3.8) is 0 Å². The summed E-state index contributed by atoms with van der Waals surface area (Å²) in [6.45, 7) is 3.03. The number of thiophene rings is 1. The number of methoxy groups -OCH3 is 1. The molecule has 0 saturated carbocycles. The van der Waals surface area contributed by atoms with E-state index in [1.807, 2.05) is 0 Å². The number of carbonyl (C=O) groups excluding carboxylic acids is 2. The Morgan fingerprint density at radius 1 is 1.27 bits per heavy atom. The van der Waals surface area contributed by atoms with Crippen LogP contribution in [0, 0.1) is 11.3 Å². The van der Waals surface area contributed by atoms with Crippen LogP contribution in [0.15, 0.2) is 44.5 Å². The van der Waals surface area contributed by atoms with Gasteiger partial charge >= 0.3 is 5.97 Å². The highest BCUT2D eigenvalue weighted by Gasteiger charge is 2.33. The predicted molar refractivity (Wildman–Crippen MR) is 117 cm³/mol. The third-order valence-corrected chi connectivity index (χ3v) is 8.70. The molecule has 2 aromatic rings. The molecule has 0 saturated heterocycles. The molecule has 11 heteroatoms. The summed E-state index contributed by atoms with van der Waals surface area (Å²) >= 11 is 2.09. The lowest BCUT2D eigenvalue weighted by Crippen LogP contribution is -2.18. The Labute approximate surface area is 182 Å². The van der Waals surface area contributed by atoms with Crippen molar-refractivity contribution in [1.29, 1.82) is 5.26 Å².